The molecule has 108 valence electrons. The second-order valence-corrected chi connectivity index (χ2v) is 5.59. The first-order valence-electron chi connectivity index (χ1n) is 7.31. The summed E-state index contributed by atoms with van der Waals surface area (Å²) in [5.74, 6) is 1.77. The van der Waals surface area contributed by atoms with Crippen LogP contribution in [0, 0.1) is 0 Å². The zero-order valence-corrected chi connectivity index (χ0v) is 11.7. The van der Waals surface area contributed by atoms with Crippen molar-refractivity contribution >= 4 is 11.4 Å². The van der Waals surface area contributed by atoms with E-state index in [1.807, 2.05) is 36.4 Å². The Morgan fingerprint density at radius 2 is 1.52 bits per heavy atom. The largest absolute Gasteiger partial charge is 0.453 e. The van der Waals surface area contributed by atoms with E-state index in [0.717, 1.165) is 29.3 Å². The summed E-state index contributed by atoms with van der Waals surface area (Å²) in [4.78, 5) is 2.31. The predicted molar refractivity (Wildman–Crippen MR) is 82.3 cm³/mol. The van der Waals surface area contributed by atoms with Crippen molar-refractivity contribution in [2.45, 2.75) is 18.5 Å². The number of nitrogens with two attached hydrogens (primary N) is 1. The molecule has 2 aliphatic rings. The minimum Gasteiger partial charge on any atom is -0.453 e. The van der Waals surface area contributed by atoms with Gasteiger partial charge in [-0.3, -0.25) is 0 Å². The molecule has 0 amide bonds. The zero-order valence-electron chi connectivity index (χ0n) is 11.7. The number of hydrogen-bond donors (Lipinski definition) is 1. The highest BCUT2D eigenvalue weighted by atomic mass is 16.5. The fourth-order valence-electron chi connectivity index (χ4n) is 3.15. The second-order valence-electron chi connectivity index (χ2n) is 5.59. The Balaban J connectivity index is 1.81. The lowest BCUT2D eigenvalue weighted by Crippen LogP contribution is -2.47. The van der Waals surface area contributed by atoms with Crippen molar-refractivity contribution in [3.63, 3.8) is 0 Å². The van der Waals surface area contributed by atoms with E-state index in [2.05, 4.69) is 17.0 Å². The molecular weight excluding hydrogens is 264 g/mol. The first kappa shape index (κ1) is 12.7. The highest BCUT2D eigenvalue weighted by Crippen LogP contribution is 2.47. The lowest BCUT2D eigenvalue weighted by Gasteiger charge is -2.41. The van der Waals surface area contributed by atoms with E-state index in [4.69, 9.17) is 15.2 Å². The molecule has 2 heterocycles. The van der Waals surface area contributed by atoms with Crippen LogP contribution in [0.1, 0.15) is 6.42 Å². The minimum atomic E-state index is 0.0888. The molecule has 4 rings (SSSR count). The van der Waals surface area contributed by atoms with Gasteiger partial charge in [0.1, 0.15) is 0 Å². The molecule has 1 fully saturated rings. The Morgan fingerprint density at radius 3 is 2.14 bits per heavy atom. The van der Waals surface area contributed by atoms with Crippen LogP contribution in [0.5, 0.6) is 11.5 Å². The quantitative estimate of drug-likeness (QED) is 0.873. The topological polar surface area (TPSA) is 47.7 Å². The van der Waals surface area contributed by atoms with Gasteiger partial charge < -0.3 is 20.1 Å². The van der Waals surface area contributed by atoms with Gasteiger partial charge in [0.25, 0.3) is 0 Å². The molecule has 4 nitrogen and oxygen atoms in total. The van der Waals surface area contributed by atoms with Crippen molar-refractivity contribution in [3.8, 4) is 11.5 Å². The monoisotopic (exact) mass is 282 g/mol. The fraction of sp³-hybridized carbons (Fsp3) is 0.294. The van der Waals surface area contributed by atoms with Gasteiger partial charge in [0.05, 0.1) is 30.6 Å². The molecule has 1 unspecified atom stereocenters. The molecule has 2 aromatic rings. The molecule has 2 N–H and O–H groups in total. The molecule has 0 spiro atoms. The molecule has 0 aromatic heterocycles. The number of para-hydroxylation sites is 4. The highest BCUT2D eigenvalue weighted by molar-refractivity contribution is 5.78. The van der Waals surface area contributed by atoms with Gasteiger partial charge in [-0.05, 0) is 30.7 Å². The average molecular weight is 282 g/mol. The SMILES string of the molecule is NC1COC[C@@H](N2c3ccccc3Oc3ccccc32)C1. The summed E-state index contributed by atoms with van der Waals surface area (Å²) in [5.41, 5.74) is 8.25. The normalized spacial score (nSPS) is 24.0. The molecule has 2 atom stereocenters. The number of hydrogen-bond acceptors (Lipinski definition) is 4. The summed E-state index contributed by atoms with van der Waals surface area (Å²) in [6.45, 7) is 1.33. The van der Waals surface area contributed by atoms with Crippen LogP contribution in [0.4, 0.5) is 11.4 Å². The maximum atomic E-state index is 6.09. The van der Waals surface area contributed by atoms with Gasteiger partial charge in [-0.1, -0.05) is 24.3 Å². The Kier molecular flexibility index (Phi) is 3.05. The molecule has 0 aliphatic carbocycles. The van der Waals surface area contributed by atoms with E-state index in [1.165, 1.54) is 0 Å². The number of anilines is 2. The summed E-state index contributed by atoms with van der Waals surface area (Å²) in [5, 5.41) is 0. The van der Waals surface area contributed by atoms with E-state index >= 15 is 0 Å². The Bertz CT molecular complexity index is 613. The first-order valence-corrected chi connectivity index (χ1v) is 7.31. The molecule has 21 heavy (non-hydrogen) atoms. The lowest BCUT2D eigenvalue weighted by atomic mass is 10.0. The van der Waals surface area contributed by atoms with Crippen molar-refractivity contribution in [2.24, 2.45) is 5.73 Å². The smallest absolute Gasteiger partial charge is 0.151 e. The molecule has 0 radical (unpaired) electrons. The summed E-state index contributed by atoms with van der Waals surface area (Å²) >= 11 is 0. The van der Waals surface area contributed by atoms with Gasteiger partial charge in [0.15, 0.2) is 11.5 Å². The van der Waals surface area contributed by atoms with Crippen molar-refractivity contribution in [2.75, 3.05) is 18.1 Å². The maximum Gasteiger partial charge on any atom is 0.151 e. The number of fused-ring (bicyclic) bond motifs is 2. The van der Waals surface area contributed by atoms with Crippen LogP contribution in [-0.2, 0) is 4.74 Å². The Morgan fingerprint density at radius 1 is 0.905 bits per heavy atom. The van der Waals surface area contributed by atoms with Gasteiger partial charge in [-0.15, -0.1) is 0 Å². The van der Waals surface area contributed by atoms with E-state index < -0.39 is 0 Å². The van der Waals surface area contributed by atoms with Gasteiger partial charge in [-0.25, -0.2) is 0 Å². The number of ether oxygens (including phenoxy) is 2. The van der Waals surface area contributed by atoms with Crippen LogP contribution >= 0.6 is 0 Å². The Hall–Kier alpha value is -2.04. The lowest BCUT2D eigenvalue weighted by molar-refractivity contribution is 0.0675. The summed E-state index contributed by atoms with van der Waals surface area (Å²) < 4.78 is 11.7. The van der Waals surface area contributed by atoms with Crippen LogP contribution in [0.2, 0.25) is 0 Å². The third-order valence-electron chi connectivity index (χ3n) is 4.05. The molecule has 0 saturated carbocycles. The minimum absolute atomic E-state index is 0.0888. The molecule has 0 bridgehead atoms. The van der Waals surface area contributed by atoms with Crippen LogP contribution in [0.25, 0.3) is 0 Å². The van der Waals surface area contributed by atoms with Crippen LogP contribution < -0.4 is 15.4 Å². The van der Waals surface area contributed by atoms with Crippen molar-refractivity contribution in [1.82, 2.24) is 0 Å². The van der Waals surface area contributed by atoms with Gasteiger partial charge in [0.2, 0.25) is 0 Å². The molecule has 4 heteroatoms. The number of benzene rings is 2. The summed E-state index contributed by atoms with van der Waals surface area (Å²) in [6.07, 6.45) is 0.919. The summed E-state index contributed by atoms with van der Waals surface area (Å²) in [6, 6.07) is 16.6. The first-order chi connectivity index (χ1) is 10.3. The fourth-order valence-corrected chi connectivity index (χ4v) is 3.15. The maximum absolute atomic E-state index is 6.09. The van der Waals surface area contributed by atoms with E-state index in [1.54, 1.807) is 0 Å². The van der Waals surface area contributed by atoms with E-state index in [-0.39, 0.29) is 12.1 Å². The third kappa shape index (κ3) is 2.17. The van der Waals surface area contributed by atoms with Crippen LogP contribution in [0.3, 0.4) is 0 Å². The number of nitrogens with zero attached hydrogens (tertiary/aromatic N) is 1. The summed E-state index contributed by atoms with van der Waals surface area (Å²) in [7, 11) is 0. The van der Waals surface area contributed by atoms with Gasteiger partial charge >= 0.3 is 0 Å². The molecular formula is C17H18N2O2. The molecule has 1 saturated heterocycles. The van der Waals surface area contributed by atoms with Gasteiger partial charge in [-0.2, -0.15) is 0 Å². The van der Waals surface area contributed by atoms with Crippen LogP contribution in [-0.4, -0.2) is 25.3 Å². The zero-order chi connectivity index (χ0) is 14.2. The van der Waals surface area contributed by atoms with Crippen LogP contribution in [0.15, 0.2) is 48.5 Å². The van der Waals surface area contributed by atoms with Crippen molar-refractivity contribution in [3.05, 3.63) is 48.5 Å². The number of rotatable bonds is 1. The second kappa shape index (κ2) is 5.06. The van der Waals surface area contributed by atoms with E-state index in [0.29, 0.717) is 13.2 Å². The van der Waals surface area contributed by atoms with Crippen molar-refractivity contribution in [1.29, 1.82) is 0 Å². The van der Waals surface area contributed by atoms with E-state index in [9.17, 15) is 0 Å². The average Bonchev–Trinajstić information content (AvgIpc) is 2.52. The van der Waals surface area contributed by atoms with Crippen molar-refractivity contribution < 1.29 is 9.47 Å². The third-order valence-corrected chi connectivity index (χ3v) is 4.05. The molecule has 2 aromatic carbocycles. The standard InChI is InChI=1S/C17H18N2O2/c18-12-9-13(11-20-10-12)19-14-5-1-3-7-16(14)21-17-8-4-2-6-15(17)19/h1-8,12-13H,9-11,18H2/t12?,13-/m0/s1. The molecule has 2 aliphatic heterocycles. The van der Waals surface area contributed by atoms with Gasteiger partial charge in [0, 0.05) is 6.04 Å². The highest BCUT2D eigenvalue weighted by Gasteiger charge is 2.32. The Labute approximate surface area is 124 Å². The predicted octanol–water partition coefficient (Wildman–Crippen LogP) is 3.05.